The van der Waals surface area contributed by atoms with E-state index in [4.69, 9.17) is 11.6 Å². The Morgan fingerprint density at radius 1 is 1.23 bits per heavy atom. The lowest BCUT2D eigenvalue weighted by Crippen LogP contribution is -2.22. The Hall–Kier alpha value is -2.07. The predicted molar refractivity (Wildman–Crippen MR) is 91.9 cm³/mol. The van der Waals surface area contributed by atoms with Crippen molar-refractivity contribution in [2.24, 2.45) is 0 Å². The number of carbonyl (C=O) groups is 1. The van der Waals surface area contributed by atoms with Gasteiger partial charge in [-0.1, -0.05) is 17.7 Å². The van der Waals surface area contributed by atoms with Crippen molar-refractivity contribution >= 4 is 28.9 Å². The topological polar surface area (TPSA) is 45.2 Å². The Balaban J connectivity index is 2.18. The molecule has 0 aliphatic heterocycles. The zero-order chi connectivity index (χ0) is 16.1. The van der Waals surface area contributed by atoms with Crippen LogP contribution in [-0.4, -0.2) is 24.0 Å². The first-order chi connectivity index (χ1) is 10.5. The van der Waals surface area contributed by atoms with Crippen LogP contribution in [0.1, 0.15) is 29.8 Å². The Kier molecular flexibility index (Phi) is 5.39. The van der Waals surface area contributed by atoms with Crippen LogP contribution in [0.4, 0.5) is 11.4 Å². The van der Waals surface area contributed by atoms with Gasteiger partial charge in [0.25, 0.3) is 5.91 Å². The van der Waals surface area contributed by atoms with Crippen LogP contribution in [-0.2, 0) is 0 Å². The average molecular weight is 318 g/mol. The van der Waals surface area contributed by atoms with E-state index >= 15 is 0 Å². The van der Waals surface area contributed by atoms with Gasteiger partial charge in [-0.15, -0.1) is 0 Å². The zero-order valence-corrected chi connectivity index (χ0v) is 13.8. The molecule has 1 aromatic carbocycles. The molecule has 0 bridgehead atoms. The first-order valence-corrected chi connectivity index (χ1v) is 7.70. The number of hydrogen-bond acceptors (Lipinski definition) is 3. The van der Waals surface area contributed by atoms with Gasteiger partial charge in [-0.25, -0.2) is 0 Å². The smallest absolute Gasteiger partial charge is 0.257 e. The first-order valence-electron chi connectivity index (χ1n) is 7.32. The van der Waals surface area contributed by atoms with E-state index in [2.05, 4.69) is 29.0 Å². The summed E-state index contributed by atoms with van der Waals surface area (Å²) in [6.07, 6.45) is 3.34. The number of rotatable bonds is 5. The van der Waals surface area contributed by atoms with Crippen LogP contribution in [0.3, 0.4) is 0 Å². The van der Waals surface area contributed by atoms with Crippen LogP contribution in [0.2, 0.25) is 5.02 Å². The molecule has 0 saturated carbocycles. The minimum Gasteiger partial charge on any atom is -0.371 e. The minimum atomic E-state index is -0.193. The Bertz CT molecular complexity index is 669. The second-order valence-corrected chi connectivity index (χ2v) is 5.43. The quantitative estimate of drug-likeness (QED) is 0.901. The number of aromatic nitrogens is 1. The van der Waals surface area contributed by atoms with Crippen molar-refractivity contribution in [2.75, 3.05) is 23.3 Å². The monoisotopic (exact) mass is 317 g/mol. The van der Waals surface area contributed by atoms with Crippen molar-refractivity contribution < 1.29 is 4.79 Å². The molecule has 1 N–H and O–H groups in total. The van der Waals surface area contributed by atoms with Crippen molar-refractivity contribution in [3.8, 4) is 0 Å². The van der Waals surface area contributed by atoms with E-state index in [0.29, 0.717) is 16.3 Å². The van der Waals surface area contributed by atoms with Gasteiger partial charge in [0.2, 0.25) is 0 Å². The highest BCUT2D eigenvalue weighted by Crippen LogP contribution is 2.21. The van der Waals surface area contributed by atoms with Crippen molar-refractivity contribution in [3.63, 3.8) is 0 Å². The fourth-order valence-electron chi connectivity index (χ4n) is 2.19. The van der Waals surface area contributed by atoms with Gasteiger partial charge in [0.05, 0.1) is 17.4 Å². The highest BCUT2D eigenvalue weighted by Gasteiger charge is 2.10. The number of halogens is 1. The summed E-state index contributed by atoms with van der Waals surface area (Å²) >= 11 is 6.08. The van der Waals surface area contributed by atoms with E-state index in [9.17, 15) is 4.79 Å². The number of amides is 1. The molecule has 22 heavy (non-hydrogen) atoms. The molecule has 0 atom stereocenters. The lowest BCUT2D eigenvalue weighted by molar-refractivity contribution is 0.102. The largest absolute Gasteiger partial charge is 0.371 e. The van der Waals surface area contributed by atoms with Gasteiger partial charge in [0, 0.05) is 30.0 Å². The van der Waals surface area contributed by atoms with E-state index in [1.807, 2.05) is 25.1 Å². The molecule has 1 heterocycles. The molecule has 2 rings (SSSR count). The lowest BCUT2D eigenvalue weighted by Gasteiger charge is -2.20. The van der Waals surface area contributed by atoms with Gasteiger partial charge in [0.15, 0.2) is 0 Å². The lowest BCUT2D eigenvalue weighted by atomic mass is 10.2. The van der Waals surface area contributed by atoms with Gasteiger partial charge in [-0.3, -0.25) is 9.78 Å². The summed E-state index contributed by atoms with van der Waals surface area (Å²) in [7, 11) is 0. The summed E-state index contributed by atoms with van der Waals surface area (Å²) in [6.45, 7) is 7.81. The highest BCUT2D eigenvalue weighted by molar-refractivity contribution is 6.31. The van der Waals surface area contributed by atoms with Crippen molar-refractivity contribution in [3.05, 3.63) is 52.8 Å². The van der Waals surface area contributed by atoms with Crippen LogP contribution >= 0.6 is 11.6 Å². The third kappa shape index (κ3) is 3.77. The second kappa shape index (κ2) is 7.27. The molecule has 1 aromatic heterocycles. The molecule has 0 aliphatic carbocycles. The number of nitrogens with one attached hydrogen (secondary N) is 1. The Morgan fingerprint density at radius 3 is 2.59 bits per heavy atom. The third-order valence-electron chi connectivity index (χ3n) is 3.54. The molecular formula is C17H20ClN3O. The molecule has 0 spiro atoms. The van der Waals surface area contributed by atoms with E-state index in [-0.39, 0.29) is 5.91 Å². The van der Waals surface area contributed by atoms with Crippen molar-refractivity contribution in [1.82, 2.24) is 4.98 Å². The molecule has 0 aliphatic rings. The maximum atomic E-state index is 12.3. The molecular weight excluding hydrogens is 298 g/mol. The molecule has 0 unspecified atom stereocenters. The van der Waals surface area contributed by atoms with Gasteiger partial charge in [-0.05, 0) is 44.5 Å². The predicted octanol–water partition coefficient (Wildman–Crippen LogP) is 4.14. The summed E-state index contributed by atoms with van der Waals surface area (Å²) in [5.41, 5.74) is 3.12. The van der Waals surface area contributed by atoms with Crippen LogP contribution in [0.25, 0.3) is 0 Å². The number of benzene rings is 1. The molecule has 0 radical (unpaired) electrons. The van der Waals surface area contributed by atoms with Gasteiger partial charge < -0.3 is 10.2 Å². The number of aryl methyl sites for hydroxylation is 1. The van der Waals surface area contributed by atoms with Crippen molar-refractivity contribution in [1.29, 1.82) is 0 Å². The number of anilines is 2. The van der Waals surface area contributed by atoms with Crippen molar-refractivity contribution in [2.45, 2.75) is 20.8 Å². The van der Waals surface area contributed by atoms with Crippen LogP contribution in [0.5, 0.6) is 0 Å². The average Bonchev–Trinajstić information content (AvgIpc) is 2.52. The maximum Gasteiger partial charge on any atom is 0.257 e. The van der Waals surface area contributed by atoms with E-state index in [0.717, 1.165) is 24.3 Å². The number of nitrogens with zero attached hydrogens (tertiary/aromatic N) is 2. The van der Waals surface area contributed by atoms with E-state index < -0.39 is 0 Å². The Labute approximate surface area is 136 Å². The highest BCUT2D eigenvalue weighted by atomic mass is 35.5. The molecule has 0 saturated heterocycles. The van der Waals surface area contributed by atoms with Gasteiger partial charge in [0.1, 0.15) is 0 Å². The maximum absolute atomic E-state index is 12.3. The van der Waals surface area contributed by atoms with Crippen LogP contribution in [0, 0.1) is 6.92 Å². The van der Waals surface area contributed by atoms with E-state index in [1.165, 1.54) is 0 Å². The molecule has 1 amide bonds. The number of hydrogen-bond donors (Lipinski definition) is 1. The standard InChI is InChI=1S/C17H20ClN3O/c1-4-21(5-2)15-8-13(10-19-11-15)17(22)20-14-7-6-12(3)16(18)9-14/h6-11H,4-5H2,1-3H3,(H,20,22). The molecule has 4 nitrogen and oxygen atoms in total. The zero-order valence-electron chi connectivity index (χ0n) is 13.1. The summed E-state index contributed by atoms with van der Waals surface area (Å²) in [4.78, 5) is 18.7. The Morgan fingerprint density at radius 2 is 1.95 bits per heavy atom. The van der Waals surface area contributed by atoms with Gasteiger partial charge >= 0.3 is 0 Å². The number of carbonyl (C=O) groups excluding carboxylic acids is 1. The normalized spacial score (nSPS) is 10.4. The van der Waals surface area contributed by atoms with E-state index in [1.54, 1.807) is 18.5 Å². The molecule has 116 valence electrons. The minimum absolute atomic E-state index is 0.193. The molecule has 5 heteroatoms. The first kappa shape index (κ1) is 16.3. The van der Waals surface area contributed by atoms with Crippen LogP contribution in [0.15, 0.2) is 36.7 Å². The fourth-order valence-corrected chi connectivity index (χ4v) is 2.37. The third-order valence-corrected chi connectivity index (χ3v) is 3.95. The molecule has 0 fully saturated rings. The van der Waals surface area contributed by atoms with Crippen LogP contribution < -0.4 is 10.2 Å². The fraction of sp³-hybridized carbons (Fsp3) is 0.294. The van der Waals surface area contributed by atoms with Gasteiger partial charge in [-0.2, -0.15) is 0 Å². The SMILES string of the molecule is CCN(CC)c1cncc(C(=O)Nc2ccc(C)c(Cl)c2)c1. The summed E-state index contributed by atoms with van der Waals surface area (Å²) in [5.74, 6) is -0.193. The summed E-state index contributed by atoms with van der Waals surface area (Å²) in [6, 6.07) is 7.31. The summed E-state index contributed by atoms with van der Waals surface area (Å²) in [5, 5.41) is 3.48. The number of pyridine rings is 1. The molecule has 2 aromatic rings. The summed E-state index contributed by atoms with van der Waals surface area (Å²) < 4.78 is 0. The second-order valence-electron chi connectivity index (χ2n) is 5.02.